The highest BCUT2D eigenvalue weighted by molar-refractivity contribution is 7.95. The van der Waals surface area contributed by atoms with Gasteiger partial charge in [-0.2, -0.15) is 0 Å². The Balaban J connectivity index is 4.13. The van der Waals surface area contributed by atoms with E-state index in [9.17, 15) is 8.42 Å². The minimum absolute atomic E-state index is 1.05. The van der Waals surface area contributed by atoms with E-state index in [1.54, 1.807) is 6.92 Å². The smallest absolute Gasteiger partial charge is 0.172 e. The van der Waals surface area contributed by atoms with Crippen molar-refractivity contribution in [3.8, 4) is 0 Å². The van der Waals surface area contributed by atoms with Crippen LogP contribution in [0.15, 0.2) is 11.5 Å². The lowest BCUT2D eigenvalue weighted by Gasteiger charge is -1.77. The van der Waals surface area contributed by atoms with E-state index in [0.717, 1.165) is 5.41 Å². The molecule has 0 saturated heterocycles. The number of rotatable bonds is 1. The van der Waals surface area contributed by atoms with Gasteiger partial charge in [0, 0.05) is 5.41 Å². The normalized spacial score (nSPS) is 12.9. The summed E-state index contributed by atoms with van der Waals surface area (Å²) < 4.78 is 20.1. The van der Waals surface area contributed by atoms with Gasteiger partial charge in [0.05, 0.1) is 6.26 Å². The first-order valence-electron chi connectivity index (χ1n) is 1.77. The number of hydrogen-bond acceptors (Lipinski definition) is 2. The van der Waals surface area contributed by atoms with Gasteiger partial charge >= 0.3 is 0 Å². The summed E-state index contributed by atoms with van der Waals surface area (Å²) in [5.74, 6) is 0. The van der Waals surface area contributed by atoms with Gasteiger partial charge in [-0.25, -0.2) is 8.42 Å². The van der Waals surface area contributed by atoms with Crippen LogP contribution in [-0.4, -0.2) is 8.42 Å². The molecule has 0 aliphatic carbocycles. The van der Waals surface area contributed by atoms with Crippen molar-refractivity contribution in [2.75, 3.05) is 0 Å². The van der Waals surface area contributed by atoms with Crippen molar-refractivity contribution in [3.05, 3.63) is 17.7 Å². The van der Waals surface area contributed by atoms with Crippen LogP contribution in [0.3, 0.4) is 0 Å². The second-order valence-electron chi connectivity index (χ2n) is 1.13. The van der Waals surface area contributed by atoms with E-state index >= 15 is 0 Å². The van der Waals surface area contributed by atoms with Gasteiger partial charge in [-0.05, 0) is 6.92 Å². The molecule has 0 aromatic heterocycles. The molecule has 0 spiro atoms. The topological polar surface area (TPSA) is 34.1 Å². The molecule has 0 aromatic carbocycles. The van der Waals surface area contributed by atoms with Crippen LogP contribution < -0.4 is 0 Å². The second kappa shape index (κ2) is 2.12. The summed E-state index contributed by atoms with van der Waals surface area (Å²) in [4.78, 5) is 0. The highest BCUT2D eigenvalue weighted by Crippen LogP contribution is 1.84. The first kappa shape index (κ1) is 6.69. The molecule has 7 heavy (non-hydrogen) atoms. The van der Waals surface area contributed by atoms with Gasteiger partial charge in [-0.1, -0.05) is 6.08 Å². The van der Waals surface area contributed by atoms with Crippen LogP contribution in [0.4, 0.5) is 0 Å². The van der Waals surface area contributed by atoms with Gasteiger partial charge in [-0.15, -0.1) is 0 Å². The zero-order valence-corrected chi connectivity index (χ0v) is 4.90. The Bertz CT molecular complexity index is 153. The van der Waals surface area contributed by atoms with Gasteiger partial charge in [0.2, 0.25) is 0 Å². The molecule has 0 heterocycles. The van der Waals surface area contributed by atoms with Gasteiger partial charge in [0.1, 0.15) is 0 Å². The van der Waals surface area contributed by atoms with Crippen molar-refractivity contribution >= 4 is 9.84 Å². The summed E-state index contributed by atoms with van der Waals surface area (Å²) >= 11 is 0. The molecular weight excluding hydrogens is 112 g/mol. The third-order valence-electron chi connectivity index (χ3n) is 0.343. The molecule has 0 rings (SSSR count). The molecule has 0 aromatic rings. The van der Waals surface area contributed by atoms with E-state index in [2.05, 4.69) is 6.26 Å². The molecular formula is C4H7O2S. The molecule has 0 fully saturated rings. The summed E-state index contributed by atoms with van der Waals surface area (Å²) in [6.07, 6.45) is 4.28. The molecule has 0 amide bonds. The Morgan fingerprint density at radius 3 is 2.00 bits per heavy atom. The molecule has 0 saturated carbocycles. The van der Waals surface area contributed by atoms with Crippen molar-refractivity contribution < 1.29 is 8.42 Å². The maximum atomic E-state index is 10.0. The zero-order chi connectivity index (χ0) is 5.91. The predicted molar refractivity (Wildman–Crippen MR) is 29.1 cm³/mol. The fourth-order valence-corrected chi connectivity index (χ4v) is 0.622. The van der Waals surface area contributed by atoms with E-state index in [-0.39, 0.29) is 0 Å². The molecule has 0 atom stereocenters. The van der Waals surface area contributed by atoms with E-state index in [0.29, 0.717) is 0 Å². The van der Waals surface area contributed by atoms with Crippen molar-refractivity contribution in [2.45, 2.75) is 6.92 Å². The van der Waals surface area contributed by atoms with Gasteiger partial charge in [0.15, 0.2) is 9.84 Å². The zero-order valence-electron chi connectivity index (χ0n) is 4.09. The van der Waals surface area contributed by atoms with Crippen LogP contribution in [0.1, 0.15) is 6.92 Å². The third-order valence-corrected chi connectivity index (χ3v) is 1.03. The Morgan fingerprint density at radius 1 is 1.57 bits per heavy atom. The Kier molecular flexibility index (Phi) is 2.02. The lowest BCUT2D eigenvalue weighted by molar-refractivity contribution is 0.612. The van der Waals surface area contributed by atoms with Crippen LogP contribution in [0.5, 0.6) is 0 Å². The fourth-order valence-electron chi connectivity index (χ4n) is 0.207. The largest absolute Gasteiger partial charge is 0.224 e. The Labute approximate surface area is 43.8 Å². The lowest BCUT2D eigenvalue weighted by Crippen LogP contribution is -1.82. The second-order valence-corrected chi connectivity index (χ2v) is 2.73. The number of allylic oxidation sites excluding steroid dienone is 1. The van der Waals surface area contributed by atoms with E-state index in [4.69, 9.17) is 0 Å². The van der Waals surface area contributed by atoms with Crippen LogP contribution in [0.2, 0.25) is 0 Å². The first-order valence-corrected chi connectivity index (χ1v) is 3.48. The standard InChI is InChI=1S/C4H7O2S/c1-3-4-7(2,5)6/h3-4H,2H2,1H3/b4-3-. The quantitative estimate of drug-likeness (QED) is 0.510. The van der Waals surface area contributed by atoms with E-state index in [1.165, 1.54) is 6.08 Å². The molecule has 3 heteroatoms. The molecule has 0 aliphatic heterocycles. The average Bonchev–Trinajstić information content (AvgIpc) is 1.30. The monoisotopic (exact) mass is 119 g/mol. The molecule has 0 bridgehead atoms. The average molecular weight is 119 g/mol. The summed E-state index contributed by atoms with van der Waals surface area (Å²) in [5.41, 5.74) is 0. The SMILES string of the molecule is [CH2]S(=O)(=O)/C=C\C. The maximum Gasteiger partial charge on any atom is 0.172 e. The molecule has 2 nitrogen and oxygen atoms in total. The van der Waals surface area contributed by atoms with E-state index in [1.807, 2.05) is 0 Å². The summed E-state index contributed by atoms with van der Waals surface area (Å²) in [6.45, 7) is 1.63. The first-order chi connectivity index (χ1) is 3.06. The van der Waals surface area contributed by atoms with Crippen LogP contribution in [0.25, 0.3) is 0 Å². The van der Waals surface area contributed by atoms with Crippen LogP contribution >= 0.6 is 0 Å². The molecule has 1 radical (unpaired) electrons. The van der Waals surface area contributed by atoms with Gasteiger partial charge in [-0.3, -0.25) is 0 Å². The minimum Gasteiger partial charge on any atom is -0.224 e. The lowest BCUT2D eigenvalue weighted by atomic mass is 10.8. The predicted octanol–water partition coefficient (Wildman–Crippen LogP) is 0.726. The van der Waals surface area contributed by atoms with E-state index < -0.39 is 9.84 Å². The summed E-state index contributed by atoms with van der Waals surface area (Å²) in [5, 5.41) is 1.05. The highest BCUT2D eigenvalue weighted by atomic mass is 32.2. The van der Waals surface area contributed by atoms with Crippen LogP contribution in [0, 0.1) is 6.26 Å². The van der Waals surface area contributed by atoms with Crippen molar-refractivity contribution in [3.63, 3.8) is 0 Å². The Morgan fingerprint density at radius 2 is 2.00 bits per heavy atom. The maximum absolute atomic E-state index is 10.0. The fraction of sp³-hybridized carbons (Fsp3) is 0.250. The minimum atomic E-state index is -3.10. The van der Waals surface area contributed by atoms with Crippen molar-refractivity contribution in [1.82, 2.24) is 0 Å². The van der Waals surface area contributed by atoms with Gasteiger partial charge in [0.25, 0.3) is 0 Å². The van der Waals surface area contributed by atoms with Crippen LogP contribution in [-0.2, 0) is 9.84 Å². The number of hydrogen-bond donors (Lipinski definition) is 0. The Hall–Kier alpha value is -0.310. The summed E-state index contributed by atoms with van der Waals surface area (Å²) in [6, 6.07) is 0. The molecule has 0 unspecified atom stereocenters. The number of sulfone groups is 1. The van der Waals surface area contributed by atoms with Gasteiger partial charge < -0.3 is 0 Å². The molecule has 0 aliphatic rings. The van der Waals surface area contributed by atoms with Crippen molar-refractivity contribution in [1.29, 1.82) is 0 Å². The third kappa shape index (κ3) is 5.69. The molecule has 0 N–H and O–H groups in total. The highest BCUT2D eigenvalue weighted by Gasteiger charge is 1.87. The molecule has 41 valence electrons. The summed E-state index contributed by atoms with van der Waals surface area (Å²) in [7, 11) is -3.10. The van der Waals surface area contributed by atoms with Crippen molar-refractivity contribution in [2.24, 2.45) is 0 Å².